The molecule has 0 saturated carbocycles. The number of rotatable bonds is 4. The first-order valence-corrected chi connectivity index (χ1v) is 10.8. The summed E-state index contributed by atoms with van der Waals surface area (Å²) in [5.74, 6) is -0.350. The quantitative estimate of drug-likeness (QED) is 0.533. The molecule has 0 radical (unpaired) electrons. The van der Waals surface area contributed by atoms with Gasteiger partial charge in [0.15, 0.2) is 0 Å². The van der Waals surface area contributed by atoms with Gasteiger partial charge in [-0.05, 0) is 30.2 Å². The van der Waals surface area contributed by atoms with Crippen LogP contribution in [0.3, 0.4) is 0 Å². The van der Waals surface area contributed by atoms with Gasteiger partial charge in [0.1, 0.15) is 5.56 Å². The van der Waals surface area contributed by atoms with Gasteiger partial charge in [0.25, 0.3) is 5.91 Å². The minimum atomic E-state index is -0.350. The smallest absolute Gasteiger partial charge is 0.257 e. The molecule has 0 saturated heterocycles. The van der Waals surface area contributed by atoms with Crippen molar-refractivity contribution < 1.29 is 4.79 Å². The van der Waals surface area contributed by atoms with E-state index in [0.29, 0.717) is 11.9 Å². The first-order chi connectivity index (χ1) is 15.5. The maximum Gasteiger partial charge on any atom is 0.257 e. The summed E-state index contributed by atoms with van der Waals surface area (Å²) in [5, 5.41) is 3.49. The number of nitrogens with zero attached hydrogens (tertiary/aromatic N) is 2. The molecule has 1 aromatic heterocycles. The van der Waals surface area contributed by atoms with Crippen LogP contribution in [0.25, 0.3) is 10.9 Å². The molecular weight excluding hydrogens is 398 g/mol. The third-order valence-corrected chi connectivity index (χ3v) is 6.23. The molecule has 0 bridgehead atoms. The molecule has 1 unspecified atom stereocenters. The highest BCUT2D eigenvalue weighted by Crippen LogP contribution is 2.35. The second kappa shape index (κ2) is 8.00. The average molecular weight is 424 g/mol. The van der Waals surface area contributed by atoms with Crippen molar-refractivity contribution in [3.8, 4) is 0 Å². The van der Waals surface area contributed by atoms with Gasteiger partial charge in [0.05, 0.1) is 17.2 Å². The normalized spacial score (nSPS) is 15.1. The number of benzene rings is 3. The fourth-order valence-electron chi connectivity index (χ4n) is 4.48. The average Bonchev–Trinajstić information content (AvgIpc) is 2.82. The van der Waals surface area contributed by atoms with Crippen molar-refractivity contribution in [2.75, 3.05) is 18.5 Å². The van der Waals surface area contributed by atoms with Crippen molar-refractivity contribution in [1.82, 2.24) is 9.88 Å². The van der Waals surface area contributed by atoms with Crippen molar-refractivity contribution in [3.63, 3.8) is 0 Å². The summed E-state index contributed by atoms with van der Waals surface area (Å²) in [6.07, 6.45) is 1.74. The highest BCUT2D eigenvalue weighted by molar-refractivity contribution is 6.00. The van der Waals surface area contributed by atoms with E-state index in [1.165, 1.54) is 5.56 Å². The standard InChI is InChI=1S/C27H25N3O2/c1-18-11-13-19(14-12-18)15-28-27(32)22-16-30-24(20-7-4-3-5-8-20)17-29(2)23-10-6-9-21(25(23)30)26(22)31/h3-14,16,24H,15,17H2,1-2H3,(H,28,32). The van der Waals surface area contributed by atoms with Crippen LogP contribution >= 0.6 is 0 Å². The number of aromatic nitrogens is 1. The number of anilines is 1. The first kappa shape index (κ1) is 20.1. The number of nitrogens with one attached hydrogen (secondary N) is 1. The van der Waals surface area contributed by atoms with Gasteiger partial charge in [-0.25, -0.2) is 0 Å². The fraction of sp³-hybridized carbons (Fsp3) is 0.185. The van der Waals surface area contributed by atoms with Crippen molar-refractivity contribution in [3.05, 3.63) is 111 Å². The lowest BCUT2D eigenvalue weighted by Crippen LogP contribution is -2.36. The molecule has 5 heteroatoms. The largest absolute Gasteiger partial charge is 0.370 e. The Hall–Kier alpha value is -3.86. The second-order valence-electron chi connectivity index (χ2n) is 8.43. The highest BCUT2D eigenvalue weighted by atomic mass is 16.2. The molecular formula is C27H25N3O2. The van der Waals surface area contributed by atoms with E-state index < -0.39 is 0 Å². The van der Waals surface area contributed by atoms with Crippen LogP contribution in [0.1, 0.15) is 33.1 Å². The molecule has 32 heavy (non-hydrogen) atoms. The predicted molar refractivity (Wildman–Crippen MR) is 128 cm³/mol. The van der Waals surface area contributed by atoms with Gasteiger partial charge < -0.3 is 14.8 Å². The number of aryl methyl sites for hydroxylation is 1. The monoisotopic (exact) mass is 423 g/mol. The number of carbonyl (C=O) groups is 1. The zero-order valence-corrected chi connectivity index (χ0v) is 18.2. The summed E-state index contributed by atoms with van der Waals surface area (Å²) in [4.78, 5) is 28.6. The summed E-state index contributed by atoms with van der Waals surface area (Å²) in [5.41, 5.74) is 5.11. The topological polar surface area (TPSA) is 54.3 Å². The van der Waals surface area contributed by atoms with Crippen molar-refractivity contribution in [2.45, 2.75) is 19.5 Å². The maximum atomic E-state index is 13.3. The van der Waals surface area contributed by atoms with Crippen LogP contribution in [-0.2, 0) is 6.54 Å². The minimum Gasteiger partial charge on any atom is -0.370 e. The van der Waals surface area contributed by atoms with E-state index >= 15 is 0 Å². The van der Waals surface area contributed by atoms with Gasteiger partial charge in [-0.15, -0.1) is 0 Å². The van der Waals surface area contributed by atoms with Crippen LogP contribution in [-0.4, -0.2) is 24.1 Å². The van der Waals surface area contributed by atoms with Crippen molar-refractivity contribution in [2.24, 2.45) is 0 Å². The van der Waals surface area contributed by atoms with Gasteiger partial charge in [0.2, 0.25) is 5.43 Å². The number of likely N-dealkylation sites (N-methyl/N-ethyl adjacent to an activating group) is 1. The summed E-state index contributed by atoms with van der Waals surface area (Å²) in [7, 11) is 2.04. The SMILES string of the molecule is Cc1ccc(CNC(=O)c2cn3c4c(cccc4c2=O)N(C)CC3c2ccccc2)cc1. The van der Waals surface area contributed by atoms with Gasteiger partial charge in [-0.3, -0.25) is 9.59 Å². The summed E-state index contributed by atoms with van der Waals surface area (Å²) >= 11 is 0. The molecule has 0 aliphatic carbocycles. The molecule has 5 rings (SSSR count). The molecule has 3 aromatic carbocycles. The number of hydrogen-bond acceptors (Lipinski definition) is 3. The van der Waals surface area contributed by atoms with E-state index in [-0.39, 0.29) is 22.9 Å². The number of pyridine rings is 1. The zero-order valence-electron chi connectivity index (χ0n) is 18.2. The summed E-state index contributed by atoms with van der Waals surface area (Å²) < 4.78 is 2.10. The molecule has 1 aliphatic heterocycles. The molecule has 2 heterocycles. The Morgan fingerprint density at radius 2 is 1.75 bits per heavy atom. The minimum absolute atomic E-state index is 0.00264. The van der Waals surface area contributed by atoms with E-state index in [9.17, 15) is 9.59 Å². The van der Waals surface area contributed by atoms with Crippen LogP contribution < -0.4 is 15.6 Å². The van der Waals surface area contributed by atoms with E-state index in [0.717, 1.165) is 28.9 Å². The second-order valence-corrected chi connectivity index (χ2v) is 8.43. The van der Waals surface area contributed by atoms with Crippen molar-refractivity contribution in [1.29, 1.82) is 0 Å². The van der Waals surface area contributed by atoms with E-state index in [1.807, 2.05) is 74.6 Å². The molecule has 1 aliphatic rings. The lowest BCUT2D eigenvalue weighted by atomic mass is 9.99. The lowest BCUT2D eigenvalue weighted by Gasteiger charge is -2.36. The summed E-state index contributed by atoms with van der Waals surface area (Å²) in [6, 6.07) is 23.9. The highest BCUT2D eigenvalue weighted by Gasteiger charge is 2.28. The lowest BCUT2D eigenvalue weighted by molar-refractivity contribution is 0.0949. The van der Waals surface area contributed by atoms with Crippen LogP contribution in [0.5, 0.6) is 0 Å². The van der Waals surface area contributed by atoms with Gasteiger partial charge in [-0.1, -0.05) is 66.2 Å². The first-order valence-electron chi connectivity index (χ1n) is 10.8. The molecule has 1 N–H and O–H groups in total. The third kappa shape index (κ3) is 3.46. The predicted octanol–water partition coefficient (Wildman–Crippen LogP) is 4.28. The number of para-hydroxylation sites is 1. The van der Waals surface area contributed by atoms with Crippen LogP contribution in [0.2, 0.25) is 0 Å². The van der Waals surface area contributed by atoms with E-state index in [4.69, 9.17) is 0 Å². The Labute approximate surface area is 186 Å². The zero-order chi connectivity index (χ0) is 22.2. The number of carbonyl (C=O) groups excluding carboxylic acids is 1. The van der Waals surface area contributed by atoms with E-state index in [2.05, 4.69) is 26.9 Å². The molecule has 0 spiro atoms. The van der Waals surface area contributed by atoms with Crippen LogP contribution in [0.4, 0.5) is 5.69 Å². The van der Waals surface area contributed by atoms with E-state index in [1.54, 1.807) is 6.20 Å². The summed E-state index contributed by atoms with van der Waals surface area (Å²) in [6.45, 7) is 3.16. The Bertz CT molecular complexity index is 1360. The molecule has 160 valence electrons. The van der Waals surface area contributed by atoms with Crippen LogP contribution in [0.15, 0.2) is 83.8 Å². The van der Waals surface area contributed by atoms with Gasteiger partial charge in [0, 0.05) is 31.7 Å². The molecule has 1 atom stereocenters. The maximum absolute atomic E-state index is 13.3. The fourth-order valence-corrected chi connectivity index (χ4v) is 4.48. The van der Waals surface area contributed by atoms with Crippen molar-refractivity contribution >= 4 is 22.5 Å². The molecule has 5 nitrogen and oxygen atoms in total. The molecule has 0 fully saturated rings. The number of hydrogen-bond donors (Lipinski definition) is 1. The molecule has 1 amide bonds. The Morgan fingerprint density at radius 3 is 2.50 bits per heavy atom. The molecule has 4 aromatic rings. The number of amides is 1. The Kier molecular flexibility index (Phi) is 5.02. The third-order valence-electron chi connectivity index (χ3n) is 6.23. The Balaban J connectivity index is 1.59. The van der Waals surface area contributed by atoms with Gasteiger partial charge >= 0.3 is 0 Å². The van der Waals surface area contributed by atoms with Crippen LogP contribution in [0, 0.1) is 6.92 Å². The van der Waals surface area contributed by atoms with Gasteiger partial charge in [-0.2, -0.15) is 0 Å². The Morgan fingerprint density at radius 1 is 1.00 bits per heavy atom.